The van der Waals surface area contributed by atoms with Gasteiger partial charge in [0.15, 0.2) is 0 Å². The van der Waals surface area contributed by atoms with Crippen molar-refractivity contribution in [3.8, 4) is 0 Å². The summed E-state index contributed by atoms with van der Waals surface area (Å²) in [6, 6.07) is 0. The van der Waals surface area contributed by atoms with E-state index in [1.165, 1.54) is 0 Å². The summed E-state index contributed by atoms with van der Waals surface area (Å²) < 4.78 is 0. The van der Waals surface area contributed by atoms with Crippen molar-refractivity contribution < 1.29 is 0 Å². The van der Waals surface area contributed by atoms with Crippen molar-refractivity contribution in [1.29, 1.82) is 0 Å². The van der Waals surface area contributed by atoms with E-state index in [1.807, 2.05) is 6.08 Å². The lowest BCUT2D eigenvalue weighted by atomic mass is 10.2. The van der Waals surface area contributed by atoms with E-state index in [9.17, 15) is 0 Å². The molecule has 8 heavy (non-hydrogen) atoms. The van der Waals surface area contributed by atoms with Crippen LogP contribution >= 0.6 is 0 Å². The molecule has 0 aliphatic carbocycles. The van der Waals surface area contributed by atoms with Crippen molar-refractivity contribution in [1.82, 2.24) is 0 Å². The molecule has 0 amide bonds. The number of hydrogen-bond acceptors (Lipinski definition) is 1. The highest BCUT2D eigenvalue weighted by molar-refractivity contribution is 5.94. The maximum absolute atomic E-state index is 3.99. The molecule has 0 saturated heterocycles. The fourth-order valence-corrected chi connectivity index (χ4v) is 0.561. The number of aliphatic imine (C=N–C) groups is 1. The predicted octanol–water partition coefficient (Wildman–Crippen LogP) is 2.04. The molecule has 46 valence electrons. The van der Waals surface area contributed by atoms with Gasteiger partial charge in [-0.2, -0.15) is 0 Å². The number of nitrogens with zero attached hydrogens (tertiary/aromatic N) is 1. The van der Waals surface area contributed by atoms with Crippen molar-refractivity contribution in [2.75, 3.05) is 7.05 Å². The van der Waals surface area contributed by atoms with Crippen LogP contribution in [0.5, 0.6) is 0 Å². The smallest absolute Gasteiger partial charge is 0.0338 e. The summed E-state index contributed by atoms with van der Waals surface area (Å²) in [5.74, 6) is 0. The van der Waals surface area contributed by atoms with Crippen LogP contribution < -0.4 is 0 Å². The third-order valence-corrected chi connectivity index (χ3v) is 1.03. The average Bonchev–Trinajstić information content (AvgIpc) is 1.83. The van der Waals surface area contributed by atoms with E-state index in [4.69, 9.17) is 0 Å². The molecule has 0 atom stereocenters. The molecule has 0 bridgehead atoms. The van der Waals surface area contributed by atoms with Crippen LogP contribution in [0.3, 0.4) is 0 Å². The second-order valence-corrected chi connectivity index (χ2v) is 1.67. The van der Waals surface area contributed by atoms with Gasteiger partial charge in [0, 0.05) is 12.8 Å². The molecule has 0 fully saturated rings. The molecule has 0 spiro atoms. The van der Waals surface area contributed by atoms with Gasteiger partial charge in [0.25, 0.3) is 0 Å². The van der Waals surface area contributed by atoms with Crippen LogP contribution in [0.4, 0.5) is 0 Å². The molecule has 0 heterocycles. The van der Waals surface area contributed by atoms with Gasteiger partial charge in [0.2, 0.25) is 0 Å². The molecule has 0 aliphatic rings. The molecule has 0 aliphatic heterocycles. The Morgan fingerprint density at radius 1 is 1.75 bits per heavy atom. The topological polar surface area (TPSA) is 12.4 Å². The largest absolute Gasteiger partial charge is 0.293 e. The highest BCUT2D eigenvalue weighted by Crippen LogP contribution is 1.91. The fraction of sp³-hybridized carbons (Fsp3) is 0.571. The molecule has 0 radical (unpaired) electrons. The van der Waals surface area contributed by atoms with Gasteiger partial charge in [-0.3, -0.25) is 4.99 Å². The predicted molar refractivity (Wildman–Crippen MR) is 38.5 cm³/mol. The molecular formula is C7H13N. The fourth-order valence-electron chi connectivity index (χ4n) is 0.561. The van der Waals surface area contributed by atoms with Crippen LogP contribution in [0.25, 0.3) is 0 Å². The second-order valence-electron chi connectivity index (χ2n) is 1.67. The van der Waals surface area contributed by atoms with Crippen LogP contribution in [-0.2, 0) is 0 Å². The lowest BCUT2D eigenvalue weighted by Crippen LogP contribution is -1.89. The summed E-state index contributed by atoms with van der Waals surface area (Å²) in [4.78, 5) is 3.99. The maximum Gasteiger partial charge on any atom is 0.0338 e. The van der Waals surface area contributed by atoms with Crippen LogP contribution in [0.1, 0.15) is 19.8 Å². The van der Waals surface area contributed by atoms with Crippen LogP contribution in [-0.4, -0.2) is 12.8 Å². The van der Waals surface area contributed by atoms with Crippen molar-refractivity contribution in [3.05, 3.63) is 12.7 Å². The molecule has 1 nitrogen and oxygen atoms in total. The lowest BCUT2D eigenvalue weighted by Gasteiger charge is -1.91. The van der Waals surface area contributed by atoms with Crippen molar-refractivity contribution in [2.24, 2.45) is 4.99 Å². The van der Waals surface area contributed by atoms with Crippen LogP contribution in [0.2, 0.25) is 0 Å². The Labute approximate surface area is 51.1 Å². The molecule has 0 aromatic carbocycles. The Morgan fingerprint density at radius 2 is 2.38 bits per heavy atom. The third-order valence-electron chi connectivity index (χ3n) is 1.03. The molecule has 0 aromatic rings. The Morgan fingerprint density at radius 3 is 2.50 bits per heavy atom. The van der Waals surface area contributed by atoms with Gasteiger partial charge >= 0.3 is 0 Å². The van der Waals surface area contributed by atoms with E-state index in [2.05, 4.69) is 18.5 Å². The SMILES string of the molecule is C=CC(CCC)=NC. The molecule has 0 N–H and O–H groups in total. The summed E-state index contributed by atoms with van der Waals surface area (Å²) in [6.07, 6.45) is 4.02. The Hall–Kier alpha value is -0.590. The number of hydrogen-bond donors (Lipinski definition) is 0. The van der Waals surface area contributed by atoms with E-state index >= 15 is 0 Å². The minimum absolute atomic E-state index is 1.06. The third kappa shape index (κ3) is 2.56. The first-order valence-electron chi connectivity index (χ1n) is 2.93. The number of allylic oxidation sites excluding steroid dienone is 1. The van der Waals surface area contributed by atoms with E-state index in [1.54, 1.807) is 7.05 Å². The zero-order chi connectivity index (χ0) is 6.41. The van der Waals surface area contributed by atoms with Gasteiger partial charge in [0.1, 0.15) is 0 Å². The summed E-state index contributed by atoms with van der Waals surface area (Å²) in [5.41, 5.74) is 1.10. The summed E-state index contributed by atoms with van der Waals surface area (Å²) in [6.45, 7) is 5.75. The minimum atomic E-state index is 1.06. The molecule has 0 aromatic heterocycles. The quantitative estimate of drug-likeness (QED) is 0.494. The molecule has 0 unspecified atom stereocenters. The van der Waals surface area contributed by atoms with Gasteiger partial charge in [-0.1, -0.05) is 19.9 Å². The van der Waals surface area contributed by atoms with Crippen molar-refractivity contribution in [3.63, 3.8) is 0 Å². The summed E-state index contributed by atoms with van der Waals surface area (Å²) in [7, 11) is 1.80. The Bertz CT molecular complexity index is 92.6. The molecule has 0 rings (SSSR count). The van der Waals surface area contributed by atoms with E-state index < -0.39 is 0 Å². The molecule has 0 saturated carbocycles. The van der Waals surface area contributed by atoms with E-state index in [0.29, 0.717) is 0 Å². The first-order valence-corrected chi connectivity index (χ1v) is 2.93. The second kappa shape index (κ2) is 4.57. The van der Waals surface area contributed by atoms with Gasteiger partial charge in [-0.15, -0.1) is 0 Å². The van der Waals surface area contributed by atoms with E-state index in [0.717, 1.165) is 18.6 Å². The highest BCUT2D eigenvalue weighted by atomic mass is 14.7. The average molecular weight is 111 g/mol. The van der Waals surface area contributed by atoms with Gasteiger partial charge < -0.3 is 0 Å². The zero-order valence-electron chi connectivity index (χ0n) is 5.65. The van der Waals surface area contributed by atoms with Gasteiger partial charge in [0.05, 0.1) is 0 Å². The van der Waals surface area contributed by atoms with Gasteiger partial charge in [-0.25, -0.2) is 0 Å². The summed E-state index contributed by atoms with van der Waals surface area (Å²) >= 11 is 0. The van der Waals surface area contributed by atoms with Crippen LogP contribution in [0.15, 0.2) is 17.6 Å². The lowest BCUT2D eigenvalue weighted by molar-refractivity contribution is 0.993. The minimum Gasteiger partial charge on any atom is -0.293 e. The standard InChI is InChI=1S/C7H13N/c1-4-6-7(5-2)8-3/h5H,2,4,6H2,1,3H3. The zero-order valence-corrected chi connectivity index (χ0v) is 5.65. The maximum atomic E-state index is 3.99. The molecular weight excluding hydrogens is 98.1 g/mol. The molecule has 1 heteroatoms. The Kier molecular flexibility index (Phi) is 4.23. The highest BCUT2D eigenvalue weighted by Gasteiger charge is 1.85. The number of rotatable bonds is 3. The van der Waals surface area contributed by atoms with Gasteiger partial charge in [-0.05, 0) is 12.5 Å². The Balaban J connectivity index is 3.54. The summed E-state index contributed by atoms with van der Waals surface area (Å²) in [5, 5.41) is 0. The first-order chi connectivity index (χ1) is 3.85. The van der Waals surface area contributed by atoms with Crippen molar-refractivity contribution >= 4 is 5.71 Å². The van der Waals surface area contributed by atoms with Crippen LogP contribution in [0, 0.1) is 0 Å². The normalized spacial score (nSPS) is 11.5. The first kappa shape index (κ1) is 7.41. The van der Waals surface area contributed by atoms with E-state index in [-0.39, 0.29) is 0 Å². The van der Waals surface area contributed by atoms with Crippen molar-refractivity contribution in [2.45, 2.75) is 19.8 Å². The monoisotopic (exact) mass is 111 g/mol.